The zero-order valence-electron chi connectivity index (χ0n) is 9.27. The number of hydrogen-bond acceptors (Lipinski definition) is 3. The number of hydrogen-bond donors (Lipinski definition) is 0. The molecule has 0 fully saturated rings. The van der Waals surface area contributed by atoms with Crippen molar-refractivity contribution in [2.24, 2.45) is 5.92 Å². The lowest BCUT2D eigenvalue weighted by Gasteiger charge is -2.15. The molecule has 0 aliphatic carbocycles. The van der Waals surface area contributed by atoms with E-state index in [2.05, 4.69) is 0 Å². The molecule has 0 atom stereocenters. The van der Waals surface area contributed by atoms with E-state index in [9.17, 15) is 9.59 Å². The van der Waals surface area contributed by atoms with E-state index in [0.717, 1.165) is 10.6 Å². The molecular formula is C12H13NO3. The van der Waals surface area contributed by atoms with Crippen LogP contribution in [0.2, 0.25) is 0 Å². The Labute approximate surface area is 93.8 Å². The second-order valence-corrected chi connectivity index (χ2v) is 4.06. The van der Waals surface area contributed by atoms with Crippen molar-refractivity contribution in [1.82, 2.24) is 5.06 Å². The van der Waals surface area contributed by atoms with E-state index in [1.807, 2.05) is 12.1 Å². The first kappa shape index (κ1) is 10.7. The van der Waals surface area contributed by atoms with Crippen LogP contribution in [0.25, 0.3) is 0 Å². The minimum atomic E-state index is -0.388. The highest BCUT2D eigenvalue weighted by atomic mass is 16.7. The van der Waals surface area contributed by atoms with Crippen LogP contribution in [0.4, 0.5) is 0 Å². The lowest BCUT2D eigenvalue weighted by Crippen LogP contribution is -2.29. The average molecular weight is 219 g/mol. The molecule has 0 radical (unpaired) electrons. The second-order valence-electron chi connectivity index (χ2n) is 4.06. The SMILES string of the molecule is CC(C)C(=O)ON1Cc2ccccc2C1=O. The number of rotatable bonds is 2. The van der Waals surface area contributed by atoms with Crippen LogP contribution >= 0.6 is 0 Å². The molecule has 1 amide bonds. The van der Waals surface area contributed by atoms with Crippen LogP contribution in [0.5, 0.6) is 0 Å². The number of nitrogens with zero attached hydrogens (tertiary/aromatic N) is 1. The summed E-state index contributed by atoms with van der Waals surface area (Å²) in [5, 5.41) is 1.12. The Morgan fingerprint density at radius 1 is 1.38 bits per heavy atom. The number of fused-ring (bicyclic) bond motifs is 1. The highest BCUT2D eigenvalue weighted by Gasteiger charge is 2.30. The van der Waals surface area contributed by atoms with Crippen molar-refractivity contribution in [3.63, 3.8) is 0 Å². The minimum absolute atomic E-state index is 0.239. The maximum absolute atomic E-state index is 11.8. The van der Waals surface area contributed by atoms with E-state index in [0.29, 0.717) is 12.1 Å². The van der Waals surface area contributed by atoms with Gasteiger partial charge in [-0.1, -0.05) is 32.0 Å². The second kappa shape index (κ2) is 3.96. The molecule has 84 valence electrons. The maximum Gasteiger partial charge on any atom is 0.335 e. The summed E-state index contributed by atoms with van der Waals surface area (Å²) in [7, 11) is 0. The van der Waals surface area contributed by atoms with Gasteiger partial charge in [0.2, 0.25) is 0 Å². The van der Waals surface area contributed by atoms with Gasteiger partial charge in [0.05, 0.1) is 12.5 Å². The molecule has 1 aliphatic heterocycles. The molecular weight excluding hydrogens is 206 g/mol. The van der Waals surface area contributed by atoms with Gasteiger partial charge in [-0.2, -0.15) is 5.06 Å². The number of hydroxylamine groups is 2. The highest BCUT2D eigenvalue weighted by molar-refractivity contribution is 5.98. The monoisotopic (exact) mass is 219 g/mol. The zero-order valence-corrected chi connectivity index (χ0v) is 9.27. The van der Waals surface area contributed by atoms with Gasteiger partial charge in [-0.25, -0.2) is 4.79 Å². The van der Waals surface area contributed by atoms with Crippen LogP contribution in [-0.4, -0.2) is 16.9 Å². The lowest BCUT2D eigenvalue weighted by atomic mass is 10.1. The fourth-order valence-electron chi connectivity index (χ4n) is 1.52. The number of amides is 1. The van der Waals surface area contributed by atoms with Crippen molar-refractivity contribution in [2.75, 3.05) is 0 Å². The predicted molar refractivity (Wildman–Crippen MR) is 57.2 cm³/mol. The number of carbonyl (C=O) groups excluding carboxylic acids is 2. The molecule has 1 heterocycles. The Balaban J connectivity index is 2.13. The van der Waals surface area contributed by atoms with Crippen molar-refractivity contribution in [1.29, 1.82) is 0 Å². The van der Waals surface area contributed by atoms with Crippen LogP contribution in [0.15, 0.2) is 24.3 Å². The first-order chi connectivity index (χ1) is 7.59. The fourth-order valence-corrected chi connectivity index (χ4v) is 1.52. The quantitative estimate of drug-likeness (QED) is 0.761. The minimum Gasteiger partial charge on any atom is -0.337 e. The van der Waals surface area contributed by atoms with Gasteiger partial charge in [0.25, 0.3) is 5.91 Å². The van der Waals surface area contributed by atoms with Gasteiger partial charge >= 0.3 is 5.97 Å². The molecule has 1 aromatic rings. The summed E-state index contributed by atoms with van der Waals surface area (Å²) in [6, 6.07) is 7.25. The third kappa shape index (κ3) is 1.78. The van der Waals surface area contributed by atoms with Gasteiger partial charge in [0.15, 0.2) is 0 Å². The molecule has 0 N–H and O–H groups in total. The molecule has 4 nitrogen and oxygen atoms in total. The van der Waals surface area contributed by atoms with Crippen molar-refractivity contribution in [2.45, 2.75) is 20.4 Å². The Hall–Kier alpha value is -1.84. The van der Waals surface area contributed by atoms with Gasteiger partial charge in [-0.3, -0.25) is 4.79 Å². The normalized spacial score (nSPS) is 14.2. The van der Waals surface area contributed by atoms with E-state index < -0.39 is 0 Å². The first-order valence-corrected chi connectivity index (χ1v) is 5.21. The topological polar surface area (TPSA) is 46.6 Å². The molecule has 0 saturated carbocycles. The van der Waals surface area contributed by atoms with Gasteiger partial charge in [0, 0.05) is 5.56 Å². The number of carbonyl (C=O) groups is 2. The lowest BCUT2D eigenvalue weighted by molar-refractivity contribution is -0.182. The van der Waals surface area contributed by atoms with Crippen LogP contribution in [0.3, 0.4) is 0 Å². The van der Waals surface area contributed by atoms with Crippen molar-refractivity contribution < 1.29 is 14.4 Å². The third-order valence-corrected chi connectivity index (χ3v) is 2.46. The summed E-state index contributed by atoms with van der Waals surface area (Å²) in [4.78, 5) is 28.2. The summed E-state index contributed by atoms with van der Waals surface area (Å²) in [5.41, 5.74) is 1.50. The first-order valence-electron chi connectivity index (χ1n) is 5.21. The summed E-state index contributed by atoms with van der Waals surface area (Å²) >= 11 is 0. The molecule has 0 unspecified atom stereocenters. The Bertz CT molecular complexity index is 440. The van der Waals surface area contributed by atoms with E-state index in [4.69, 9.17) is 4.84 Å². The zero-order chi connectivity index (χ0) is 11.7. The highest BCUT2D eigenvalue weighted by Crippen LogP contribution is 2.22. The molecule has 4 heteroatoms. The largest absolute Gasteiger partial charge is 0.337 e. The smallest absolute Gasteiger partial charge is 0.335 e. The molecule has 0 spiro atoms. The van der Waals surface area contributed by atoms with Crippen molar-refractivity contribution >= 4 is 11.9 Å². The van der Waals surface area contributed by atoms with Gasteiger partial charge < -0.3 is 4.84 Å². The summed E-state index contributed by atoms with van der Waals surface area (Å²) in [5.74, 6) is -0.873. The van der Waals surface area contributed by atoms with Crippen LogP contribution in [-0.2, 0) is 16.2 Å². The van der Waals surface area contributed by atoms with Gasteiger partial charge in [-0.15, -0.1) is 0 Å². The van der Waals surface area contributed by atoms with Crippen LogP contribution in [0.1, 0.15) is 29.8 Å². The molecule has 0 bridgehead atoms. The van der Waals surface area contributed by atoms with Crippen LogP contribution in [0, 0.1) is 5.92 Å². The average Bonchev–Trinajstić information content (AvgIpc) is 2.56. The molecule has 1 aliphatic rings. The Morgan fingerprint density at radius 3 is 2.69 bits per heavy atom. The van der Waals surface area contributed by atoms with E-state index in [1.165, 1.54) is 0 Å². The van der Waals surface area contributed by atoms with Crippen molar-refractivity contribution in [3.05, 3.63) is 35.4 Å². The summed E-state index contributed by atoms with van der Waals surface area (Å²) < 4.78 is 0. The van der Waals surface area contributed by atoms with Crippen molar-refractivity contribution in [3.8, 4) is 0 Å². The maximum atomic E-state index is 11.8. The molecule has 16 heavy (non-hydrogen) atoms. The molecule has 2 rings (SSSR count). The van der Waals surface area contributed by atoms with E-state index >= 15 is 0 Å². The third-order valence-electron chi connectivity index (χ3n) is 2.46. The Kier molecular flexibility index (Phi) is 2.64. The number of benzene rings is 1. The summed E-state index contributed by atoms with van der Waals surface area (Å²) in [6.07, 6.45) is 0. The van der Waals surface area contributed by atoms with Gasteiger partial charge in [0.1, 0.15) is 0 Å². The molecule has 1 aromatic carbocycles. The van der Waals surface area contributed by atoms with Gasteiger partial charge in [-0.05, 0) is 11.6 Å². The summed E-state index contributed by atoms with van der Waals surface area (Å²) in [6.45, 7) is 3.81. The van der Waals surface area contributed by atoms with E-state index in [-0.39, 0.29) is 17.8 Å². The molecule has 0 aromatic heterocycles. The predicted octanol–water partition coefficient (Wildman–Crippen LogP) is 1.76. The standard InChI is InChI=1S/C12H13NO3/c1-8(2)12(15)16-13-7-9-5-3-4-6-10(9)11(13)14/h3-6,8H,7H2,1-2H3. The fraction of sp³-hybridized carbons (Fsp3) is 0.333. The van der Waals surface area contributed by atoms with E-state index in [1.54, 1.807) is 26.0 Å². The molecule has 0 saturated heterocycles. The Morgan fingerprint density at radius 2 is 2.06 bits per heavy atom. The van der Waals surface area contributed by atoms with Crippen LogP contribution < -0.4 is 0 Å².